The lowest BCUT2D eigenvalue weighted by molar-refractivity contribution is -0.134. The van der Waals surface area contributed by atoms with Gasteiger partial charge < -0.3 is 40.4 Å². The van der Waals surface area contributed by atoms with Gasteiger partial charge in [-0.05, 0) is 116 Å². The van der Waals surface area contributed by atoms with Crippen LogP contribution in [0.4, 0.5) is 34.5 Å². The number of rotatable bonds is 15. The van der Waals surface area contributed by atoms with Gasteiger partial charge in [-0.3, -0.25) is 24.7 Å². The van der Waals surface area contributed by atoms with Crippen LogP contribution in [0, 0.1) is 12.8 Å². The standard InChI is InChI=1S/C48H58BrN10O5P/c1-6-30-25-40(55-48-52-27-37(49)45(57-48)54-39-15-14-38-36(12-7-29(2)53-38)44(39)65(4,5)63)42(64-3)26-41(30)58-23-18-33(19-24-58)50-20-21-51-46(61)32-17-22-59(28-32)34-10-8-31(9-11-34)35-13-16-43(60)56-47(35)62/h7-12,14-15,25-27,32-33,35,50H,6,13,16-24,28H2,1-5H3,(H,51,61)(H,56,60,62)(H2,52,54,55,57)/t32-,35-/m1/s1. The summed E-state index contributed by atoms with van der Waals surface area (Å²) in [7, 11) is -1.06. The molecule has 5 aromatic rings. The van der Waals surface area contributed by atoms with Gasteiger partial charge in [-0.1, -0.05) is 25.1 Å². The van der Waals surface area contributed by atoms with E-state index in [1.807, 2.05) is 55.5 Å². The molecule has 8 rings (SSSR count). The van der Waals surface area contributed by atoms with Crippen molar-refractivity contribution in [2.24, 2.45) is 5.92 Å². The number of carbonyl (C=O) groups is 3. The van der Waals surface area contributed by atoms with Crippen LogP contribution in [0.1, 0.15) is 61.8 Å². The number of amides is 3. The summed E-state index contributed by atoms with van der Waals surface area (Å²) >= 11 is 3.61. The number of fused-ring (bicyclic) bond motifs is 1. The van der Waals surface area contributed by atoms with Crippen molar-refractivity contribution in [2.75, 3.05) is 80.1 Å². The highest BCUT2D eigenvalue weighted by Gasteiger charge is 2.31. The largest absolute Gasteiger partial charge is 0.494 e. The molecule has 3 aliphatic rings. The molecule has 2 aromatic heterocycles. The van der Waals surface area contributed by atoms with Gasteiger partial charge in [-0.15, -0.1) is 0 Å². The highest BCUT2D eigenvalue weighted by atomic mass is 79.9. The van der Waals surface area contributed by atoms with E-state index in [4.69, 9.17) is 9.72 Å². The van der Waals surface area contributed by atoms with E-state index in [0.29, 0.717) is 66.2 Å². The van der Waals surface area contributed by atoms with Gasteiger partial charge in [0.25, 0.3) is 0 Å². The van der Waals surface area contributed by atoms with Gasteiger partial charge in [0, 0.05) is 91.8 Å². The first kappa shape index (κ1) is 46.0. The van der Waals surface area contributed by atoms with Crippen molar-refractivity contribution in [3.63, 3.8) is 0 Å². The minimum Gasteiger partial charge on any atom is -0.494 e. The average Bonchev–Trinajstić information content (AvgIpc) is 3.79. The first-order valence-electron chi connectivity index (χ1n) is 22.5. The first-order valence-corrected chi connectivity index (χ1v) is 25.9. The maximum absolute atomic E-state index is 13.6. The number of aryl methyl sites for hydroxylation is 2. The molecule has 17 heteroatoms. The number of hydrogen-bond donors (Lipinski definition) is 5. The molecular weight excluding hydrogens is 907 g/mol. The number of ether oxygens (including phenoxy) is 1. The summed E-state index contributed by atoms with van der Waals surface area (Å²) in [5, 5.41) is 17.6. The Kier molecular flexibility index (Phi) is 14.1. The second-order valence-electron chi connectivity index (χ2n) is 17.5. The Hall–Kier alpha value is -5.57. The molecule has 3 aliphatic heterocycles. The van der Waals surface area contributed by atoms with Gasteiger partial charge in [0.1, 0.15) is 18.7 Å². The van der Waals surface area contributed by atoms with Crippen molar-refractivity contribution in [1.82, 2.24) is 30.9 Å². The summed E-state index contributed by atoms with van der Waals surface area (Å²) < 4.78 is 20.2. The van der Waals surface area contributed by atoms with E-state index in [9.17, 15) is 18.9 Å². The van der Waals surface area contributed by atoms with Crippen molar-refractivity contribution in [2.45, 2.75) is 64.3 Å². The maximum atomic E-state index is 13.6. The zero-order valence-corrected chi connectivity index (χ0v) is 40.2. The number of pyridine rings is 1. The Bertz CT molecular complexity index is 2630. The second-order valence-corrected chi connectivity index (χ2v) is 21.5. The fraction of sp³-hybridized carbons (Fsp3) is 0.417. The highest BCUT2D eigenvalue weighted by Crippen LogP contribution is 2.42. The fourth-order valence-electron chi connectivity index (χ4n) is 9.26. The second kappa shape index (κ2) is 19.9. The van der Waals surface area contributed by atoms with Crippen LogP contribution in [-0.4, -0.2) is 98.4 Å². The van der Waals surface area contributed by atoms with Gasteiger partial charge in [-0.25, -0.2) is 4.98 Å². The van der Waals surface area contributed by atoms with E-state index in [1.165, 1.54) is 5.56 Å². The summed E-state index contributed by atoms with van der Waals surface area (Å²) in [6.07, 6.45) is 6.13. The number of nitrogens with zero attached hydrogens (tertiary/aromatic N) is 5. The van der Waals surface area contributed by atoms with Crippen LogP contribution in [-0.2, 0) is 25.4 Å². The molecule has 3 saturated heterocycles. The van der Waals surface area contributed by atoms with Gasteiger partial charge in [0.05, 0.1) is 40.3 Å². The third-order valence-electron chi connectivity index (χ3n) is 12.7. The Labute approximate surface area is 388 Å². The quantitative estimate of drug-likeness (QED) is 0.0407. The van der Waals surface area contributed by atoms with Crippen LogP contribution in [0.25, 0.3) is 10.9 Å². The van der Waals surface area contributed by atoms with E-state index in [-0.39, 0.29) is 29.6 Å². The first-order chi connectivity index (χ1) is 31.3. The van der Waals surface area contributed by atoms with Gasteiger partial charge in [0.15, 0.2) is 0 Å². The van der Waals surface area contributed by atoms with E-state index in [1.54, 1.807) is 26.6 Å². The van der Waals surface area contributed by atoms with Crippen molar-refractivity contribution in [3.05, 3.63) is 88.2 Å². The Morgan fingerprint density at radius 3 is 2.42 bits per heavy atom. The molecule has 65 heavy (non-hydrogen) atoms. The molecule has 0 bridgehead atoms. The summed E-state index contributed by atoms with van der Waals surface area (Å²) in [4.78, 5) is 55.7. The third kappa shape index (κ3) is 10.6. The van der Waals surface area contributed by atoms with Gasteiger partial charge in [-0.2, -0.15) is 4.98 Å². The molecule has 0 unspecified atom stereocenters. The van der Waals surface area contributed by atoms with Crippen LogP contribution >= 0.6 is 23.1 Å². The molecule has 5 heterocycles. The van der Waals surface area contributed by atoms with E-state index in [2.05, 4.69) is 81.3 Å². The Morgan fingerprint density at radius 1 is 0.923 bits per heavy atom. The SMILES string of the molecule is CCc1cc(Nc2ncc(Br)c(Nc3ccc4nc(C)ccc4c3P(C)(C)=O)n2)c(OC)cc1N1CCC(NCCNC(=O)[C@@H]2CCN(c3ccc([C@H]4CCC(=O)NC4=O)cc3)C2)CC1. The number of aromatic nitrogens is 3. The van der Waals surface area contributed by atoms with Crippen LogP contribution in [0.15, 0.2) is 71.3 Å². The molecule has 0 aliphatic carbocycles. The smallest absolute Gasteiger partial charge is 0.234 e. The monoisotopic (exact) mass is 964 g/mol. The third-order valence-corrected chi connectivity index (χ3v) is 14.8. The molecule has 15 nitrogen and oxygen atoms in total. The molecule has 342 valence electrons. The van der Waals surface area contributed by atoms with Crippen molar-refractivity contribution in [3.8, 4) is 5.75 Å². The molecule has 0 radical (unpaired) electrons. The molecule has 0 spiro atoms. The number of imide groups is 1. The number of nitrogens with one attached hydrogen (secondary N) is 5. The van der Waals surface area contributed by atoms with Crippen molar-refractivity contribution >= 4 is 91.5 Å². The van der Waals surface area contributed by atoms with E-state index >= 15 is 0 Å². The van der Waals surface area contributed by atoms with E-state index in [0.717, 1.165) is 89.8 Å². The summed E-state index contributed by atoms with van der Waals surface area (Å²) in [5.74, 6) is 0.841. The topological polar surface area (TPSA) is 183 Å². The molecule has 2 atom stereocenters. The lowest BCUT2D eigenvalue weighted by Gasteiger charge is -2.35. The predicted octanol–water partition coefficient (Wildman–Crippen LogP) is 7.12. The number of hydrogen-bond acceptors (Lipinski definition) is 13. The van der Waals surface area contributed by atoms with Gasteiger partial charge >= 0.3 is 0 Å². The number of piperidine rings is 2. The zero-order chi connectivity index (χ0) is 45.8. The number of carbonyl (C=O) groups excluding carboxylic acids is 3. The molecule has 0 saturated carbocycles. The summed E-state index contributed by atoms with van der Waals surface area (Å²) in [6, 6.07) is 20.3. The molecule has 3 amide bonds. The van der Waals surface area contributed by atoms with E-state index < -0.39 is 7.14 Å². The van der Waals surface area contributed by atoms with Crippen LogP contribution in [0.5, 0.6) is 5.75 Å². The minimum absolute atomic E-state index is 0.0762. The number of halogens is 1. The predicted molar refractivity (Wildman–Crippen MR) is 262 cm³/mol. The maximum Gasteiger partial charge on any atom is 0.234 e. The lowest BCUT2D eigenvalue weighted by atomic mass is 9.90. The Balaban J connectivity index is 0.824. The van der Waals surface area contributed by atoms with Crippen molar-refractivity contribution in [1.29, 1.82) is 0 Å². The Morgan fingerprint density at radius 2 is 1.69 bits per heavy atom. The summed E-state index contributed by atoms with van der Waals surface area (Å²) in [5.41, 5.74) is 7.42. The number of methoxy groups -OCH3 is 1. The zero-order valence-electron chi connectivity index (χ0n) is 37.7. The van der Waals surface area contributed by atoms with Gasteiger partial charge in [0.2, 0.25) is 23.7 Å². The fourth-order valence-corrected chi connectivity index (χ4v) is 11.0. The molecule has 3 aromatic carbocycles. The molecule has 3 fully saturated rings. The van der Waals surface area contributed by atoms with Crippen molar-refractivity contribution < 1.29 is 23.7 Å². The van der Waals surface area contributed by atoms with Crippen LogP contribution < -0.4 is 46.4 Å². The number of anilines is 6. The van der Waals surface area contributed by atoms with Crippen LogP contribution in [0.3, 0.4) is 0 Å². The average molecular weight is 966 g/mol. The number of benzene rings is 3. The molecule has 5 N–H and O–H groups in total. The normalized spacial score (nSPS) is 18.2. The lowest BCUT2D eigenvalue weighted by Crippen LogP contribution is -2.45. The highest BCUT2D eigenvalue weighted by molar-refractivity contribution is 9.10. The van der Waals surface area contributed by atoms with Crippen LogP contribution in [0.2, 0.25) is 0 Å². The minimum atomic E-state index is -2.73. The molecular formula is C48H58BrN10O5P. The summed E-state index contributed by atoms with van der Waals surface area (Å²) in [6.45, 7) is 12.1.